The summed E-state index contributed by atoms with van der Waals surface area (Å²) in [7, 11) is 0. The molecule has 4 aromatic rings. The molecule has 4 rings (SSSR count). The lowest BCUT2D eigenvalue weighted by Crippen LogP contribution is -2.26. The zero-order valence-electron chi connectivity index (χ0n) is 21.5. The quantitative estimate of drug-likeness (QED) is 0.223. The summed E-state index contributed by atoms with van der Waals surface area (Å²) in [6.07, 6.45) is 3.68. The highest BCUT2D eigenvalue weighted by atomic mass is 19.1. The highest BCUT2D eigenvalue weighted by Crippen LogP contribution is 2.44. The fraction of sp³-hybridized carbons (Fsp3) is 0.290. The lowest BCUT2D eigenvalue weighted by atomic mass is 9.74. The van der Waals surface area contributed by atoms with Gasteiger partial charge in [0.2, 0.25) is 0 Å². The van der Waals surface area contributed by atoms with E-state index in [1.54, 1.807) is 18.2 Å². The number of aliphatic carboxylic acids is 1. The summed E-state index contributed by atoms with van der Waals surface area (Å²) >= 11 is 0. The number of H-pyrrole nitrogens is 1. The Morgan fingerprint density at radius 1 is 0.973 bits per heavy atom. The summed E-state index contributed by atoms with van der Waals surface area (Å²) in [5.74, 6) is -1.43. The van der Waals surface area contributed by atoms with Crippen molar-refractivity contribution in [3.63, 3.8) is 0 Å². The maximum absolute atomic E-state index is 14.8. The van der Waals surface area contributed by atoms with Gasteiger partial charge in [-0.3, -0.25) is 9.59 Å². The van der Waals surface area contributed by atoms with Crippen molar-refractivity contribution in [3.8, 4) is 0 Å². The average molecular weight is 501 g/mol. The number of amides is 1. The fourth-order valence-corrected chi connectivity index (χ4v) is 5.11. The molecular weight excluding hydrogens is 467 g/mol. The summed E-state index contributed by atoms with van der Waals surface area (Å²) in [6, 6.07) is 19.6. The molecule has 5 nitrogen and oxygen atoms in total. The molecule has 0 aliphatic rings. The summed E-state index contributed by atoms with van der Waals surface area (Å²) in [6.45, 7) is 6.21. The van der Waals surface area contributed by atoms with E-state index >= 15 is 0 Å². The molecular formula is C31H33FN2O3. The molecule has 3 N–H and O–H groups in total. The molecule has 3 aromatic carbocycles. The molecule has 1 heterocycles. The van der Waals surface area contributed by atoms with Gasteiger partial charge in [-0.2, -0.15) is 0 Å². The predicted octanol–water partition coefficient (Wildman–Crippen LogP) is 6.84. The van der Waals surface area contributed by atoms with Gasteiger partial charge in [-0.15, -0.1) is 0 Å². The van der Waals surface area contributed by atoms with E-state index in [9.17, 15) is 14.0 Å². The van der Waals surface area contributed by atoms with E-state index in [0.29, 0.717) is 11.1 Å². The number of benzene rings is 3. The van der Waals surface area contributed by atoms with Crippen LogP contribution in [0.1, 0.15) is 76.2 Å². The highest BCUT2D eigenvalue weighted by Gasteiger charge is 2.29. The zero-order valence-corrected chi connectivity index (χ0v) is 21.5. The van der Waals surface area contributed by atoms with Crippen LogP contribution in [-0.2, 0) is 4.79 Å². The molecule has 0 radical (unpaired) electrons. The number of halogens is 1. The third-order valence-corrected chi connectivity index (χ3v) is 6.92. The second kappa shape index (κ2) is 11.4. The van der Waals surface area contributed by atoms with Crippen molar-refractivity contribution < 1.29 is 19.1 Å². The molecule has 1 aromatic heterocycles. The van der Waals surface area contributed by atoms with Crippen molar-refractivity contribution in [3.05, 3.63) is 106 Å². The van der Waals surface area contributed by atoms with Gasteiger partial charge in [0.25, 0.3) is 5.91 Å². The molecule has 6 heteroatoms. The molecule has 0 fully saturated rings. The van der Waals surface area contributed by atoms with Crippen LogP contribution < -0.4 is 5.32 Å². The van der Waals surface area contributed by atoms with Crippen LogP contribution in [0.3, 0.4) is 0 Å². The Bertz CT molecular complexity index is 1390. The third kappa shape index (κ3) is 5.91. The number of aromatic nitrogens is 1. The predicted molar refractivity (Wildman–Crippen MR) is 145 cm³/mol. The SMILES string of the molecule is CCCC(c1ccc(C(=O)NCCC(=O)O)cc1)C(c1ccc(C)cc1)c1c[nH]c2c(F)cc(C)cc12. The minimum Gasteiger partial charge on any atom is -0.481 e. The number of aromatic amines is 1. The number of carboxylic acids is 1. The van der Waals surface area contributed by atoms with Crippen LogP contribution in [0, 0.1) is 19.7 Å². The molecule has 0 saturated heterocycles. The number of hydrogen-bond donors (Lipinski definition) is 3. The van der Waals surface area contributed by atoms with Gasteiger partial charge in [-0.05, 0) is 72.7 Å². The van der Waals surface area contributed by atoms with Crippen LogP contribution in [0.25, 0.3) is 10.9 Å². The first-order valence-corrected chi connectivity index (χ1v) is 12.7. The number of hydrogen-bond acceptors (Lipinski definition) is 2. The third-order valence-electron chi connectivity index (χ3n) is 6.92. The summed E-state index contributed by atoms with van der Waals surface area (Å²) in [5, 5.41) is 12.3. The maximum atomic E-state index is 14.8. The standard InChI is InChI=1S/C31H33FN2O3/c1-4-5-24(21-10-12-23(13-11-21)31(37)33-15-14-28(35)36)29(22-8-6-19(2)7-9-22)26-18-34-30-25(26)16-20(3)17-27(30)32/h6-13,16-18,24,29,34H,4-5,14-15H2,1-3H3,(H,33,37)(H,35,36). The lowest BCUT2D eigenvalue weighted by molar-refractivity contribution is -0.136. The Hall–Kier alpha value is -3.93. The molecule has 0 bridgehead atoms. The summed E-state index contributed by atoms with van der Waals surface area (Å²) in [5.41, 5.74) is 6.35. The topological polar surface area (TPSA) is 82.2 Å². The van der Waals surface area contributed by atoms with Crippen molar-refractivity contribution in [2.24, 2.45) is 0 Å². The second-order valence-electron chi connectivity index (χ2n) is 9.72. The second-order valence-corrected chi connectivity index (χ2v) is 9.72. The van der Waals surface area contributed by atoms with Gasteiger partial charge in [0.1, 0.15) is 5.82 Å². The van der Waals surface area contributed by atoms with E-state index < -0.39 is 5.97 Å². The maximum Gasteiger partial charge on any atom is 0.305 e. The van der Waals surface area contributed by atoms with E-state index in [1.165, 1.54) is 5.56 Å². The average Bonchev–Trinajstić information content (AvgIpc) is 3.28. The number of carboxylic acid groups (broad SMARTS) is 1. The Kier molecular flexibility index (Phi) is 8.07. The van der Waals surface area contributed by atoms with Gasteiger partial charge in [0, 0.05) is 29.6 Å². The molecule has 2 unspecified atom stereocenters. The Morgan fingerprint density at radius 3 is 2.30 bits per heavy atom. The number of carbonyl (C=O) groups excluding carboxylic acids is 1. The largest absolute Gasteiger partial charge is 0.481 e. The van der Waals surface area contributed by atoms with Crippen LogP contribution in [0.5, 0.6) is 0 Å². The van der Waals surface area contributed by atoms with Gasteiger partial charge in [-0.25, -0.2) is 4.39 Å². The summed E-state index contributed by atoms with van der Waals surface area (Å²) < 4.78 is 14.8. The van der Waals surface area contributed by atoms with Crippen LogP contribution in [0.15, 0.2) is 66.9 Å². The van der Waals surface area contributed by atoms with Gasteiger partial charge in [0.15, 0.2) is 0 Å². The zero-order chi connectivity index (χ0) is 26.5. The van der Waals surface area contributed by atoms with E-state index in [0.717, 1.165) is 40.5 Å². The van der Waals surface area contributed by atoms with Crippen LogP contribution >= 0.6 is 0 Å². The smallest absolute Gasteiger partial charge is 0.305 e. The van der Waals surface area contributed by atoms with Gasteiger partial charge >= 0.3 is 5.97 Å². The molecule has 1 amide bonds. The first kappa shape index (κ1) is 26.1. The minimum absolute atomic E-state index is 0.0225. The molecule has 0 aliphatic heterocycles. The van der Waals surface area contributed by atoms with Crippen molar-refractivity contribution in [1.82, 2.24) is 10.3 Å². The highest BCUT2D eigenvalue weighted by molar-refractivity contribution is 5.94. The van der Waals surface area contributed by atoms with Crippen LogP contribution in [0.2, 0.25) is 0 Å². The minimum atomic E-state index is -0.951. The van der Waals surface area contributed by atoms with Crippen LogP contribution in [-0.4, -0.2) is 28.5 Å². The molecule has 37 heavy (non-hydrogen) atoms. The normalized spacial score (nSPS) is 12.9. The molecule has 0 spiro atoms. The number of carbonyl (C=O) groups is 2. The molecule has 2 atom stereocenters. The van der Waals surface area contributed by atoms with Gasteiger partial charge in [0.05, 0.1) is 11.9 Å². The van der Waals surface area contributed by atoms with Crippen molar-refractivity contribution in [2.45, 2.75) is 51.9 Å². The molecule has 192 valence electrons. The fourth-order valence-electron chi connectivity index (χ4n) is 5.11. The van der Waals surface area contributed by atoms with E-state index in [2.05, 4.69) is 48.4 Å². The molecule has 0 saturated carbocycles. The van der Waals surface area contributed by atoms with E-state index in [4.69, 9.17) is 5.11 Å². The number of aryl methyl sites for hydroxylation is 2. The number of fused-ring (bicyclic) bond motifs is 1. The number of nitrogens with one attached hydrogen (secondary N) is 2. The first-order chi connectivity index (χ1) is 17.8. The molecule has 0 aliphatic carbocycles. The van der Waals surface area contributed by atoms with Crippen LogP contribution in [0.4, 0.5) is 4.39 Å². The van der Waals surface area contributed by atoms with Crippen molar-refractivity contribution >= 4 is 22.8 Å². The Morgan fingerprint density at radius 2 is 1.65 bits per heavy atom. The first-order valence-electron chi connectivity index (χ1n) is 12.7. The lowest BCUT2D eigenvalue weighted by Gasteiger charge is -2.28. The van der Waals surface area contributed by atoms with E-state index in [-0.39, 0.29) is 36.5 Å². The van der Waals surface area contributed by atoms with Crippen molar-refractivity contribution in [1.29, 1.82) is 0 Å². The van der Waals surface area contributed by atoms with E-state index in [1.807, 2.05) is 31.3 Å². The summed E-state index contributed by atoms with van der Waals surface area (Å²) in [4.78, 5) is 26.4. The Balaban J connectivity index is 1.76. The van der Waals surface area contributed by atoms with Crippen molar-refractivity contribution in [2.75, 3.05) is 6.54 Å². The number of rotatable bonds is 10. The Labute approximate surface area is 216 Å². The monoisotopic (exact) mass is 500 g/mol. The van der Waals surface area contributed by atoms with Gasteiger partial charge < -0.3 is 15.4 Å². The van der Waals surface area contributed by atoms with Gasteiger partial charge in [-0.1, -0.05) is 55.3 Å².